The number of aromatic nitrogens is 2. The highest BCUT2D eigenvalue weighted by molar-refractivity contribution is 5.20. The van der Waals surface area contributed by atoms with Crippen LogP contribution in [0.2, 0.25) is 0 Å². The average molecular weight is 120 g/mol. The highest BCUT2D eigenvalue weighted by atomic mass is 15.1. The molecule has 1 aromatic heterocycles. The van der Waals surface area contributed by atoms with E-state index in [4.69, 9.17) is 0 Å². The van der Waals surface area contributed by atoms with Gasteiger partial charge in [0, 0.05) is 13.1 Å². The summed E-state index contributed by atoms with van der Waals surface area (Å²) in [5.41, 5.74) is 2.29. The van der Waals surface area contributed by atoms with Gasteiger partial charge in [-0.1, -0.05) is 0 Å². The second-order valence-electron chi connectivity index (χ2n) is 2.05. The molecule has 2 heterocycles. The molecule has 2 rings (SSSR count). The third-order valence-corrected chi connectivity index (χ3v) is 1.45. The monoisotopic (exact) mass is 120 g/mol. The molecule has 1 radical (unpaired) electrons. The molecule has 0 unspecified atom stereocenters. The number of rotatable bonds is 0. The quantitative estimate of drug-likeness (QED) is 0.518. The van der Waals surface area contributed by atoms with Gasteiger partial charge in [0.25, 0.3) is 0 Å². The Morgan fingerprint density at radius 3 is 3.44 bits per heavy atom. The third-order valence-electron chi connectivity index (χ3n) is 1.45. The maximum absolute atomic E-state index is 3.89. The first-order valence-corrected chi connectivity index (χ1v) is 2.89. The molecule has 0 amide bonds. The van der Waals surface area contributed by atoms with Crippen LogP contribution >= 0.6 is 0 Å². The number of hydrogen-bond donors (Lipinski definition) is 1. The SMILES string of the molecule is [c]1cc2c(nn1)CNC2. The van der Waals surface area contributed by atoms with Crippen LogP contribution in [-0.2, 0) is 13.1 Å². The summed E-state index contributed by atoms with van der Waals surface area (Å²) < 4.78 is 0. The van der Waals surface area contributed by atoms with E-state index in [1.54, 1.807) is 0 Å². The van der Waals surface area contributed by atoms with Crippen molar-refractivity contribution in [3.63, 3.8) is 0 Å². The number of nitrogens with one attached hydrogen (secondary N) is 1. The maximum Gasteiger partial charge on any atom is 0.114 e. The highest BCUT2D eigenvalue weighted by Gasteiger charge is 2.09. The van der Waals surface area contributed by atoms with Crippen molar-refractivity contribution in [3.8, 4) is 0 Å². The van der Waals surface area contributed by atoms with Crippen LogP contribution in [0.25, 0.3) is 0 Å². The van der Waals surface area contributed by atoms with E-state index in [1.807, 2.05) is 6.07 Å². The fraction of sp³-hybridized carbons (Fsp3) is 0.333. The van der Waals surface area contributed by atoms with E-state index in [0.717, 1.165) is 18.8 Å². The molecule has 9 heavy (non-hydrogen) atoms. The van der Waals surface area contributed by atoms with Gasteiger partial charge in [0.05, 0.1) is 5.69 Å². The topological polar surface area (TPSA) is 37.8 Å². The molecule has 0 bridgehead atoms. The van der Waals surface area contributed by atoms with Crippen molar-refractivity contribution >= 4 is 0 Å². The molecule has 0 spiro atoms. The minimum Gasteiger partial charge on any atom is -0.307 e. The van der Waals surface area contributed by atoms with Crippen molar-refractivity contribution in [2.24, 2.45) is 0 Å². The second kappa shape index (κ2) is 1.77. The molecule has 1 aliphatic rings. The van der Waals surface area contributed by atoms with Crippen molar-refractivity contribution < 1.29 is 0 Å². The summed E-state index contributed by atoms with van der Waals surface area (Å²) >= 11 is 0. The number of hydrogen-bond acceptors (Lipinski definition) is 3. The lowest BCUT2D eigenvalue weighted by molar-refractivity contribution is 0.752. The summed E-state index contributed by atoms with van der Waals surface area (Å²) in [6.07, 6.45) is 2.69. The molecule has 0 aromatic carbocycles. The molecule has 0 saturated heterocycles. The third kappa shape index (κ3) is 0.695. The predicted octanol–water partition coefficient (Wildman–Crippen LogP) is -0.120. The van der Waals surface area contributed by atoms with E-state index in [0.29, 0.717) is 0 Å². The molecule has 0 fully saturated rings. The van der Waals surface area contributed by atoms with Crippen LogP contribution in [0.3, 0.4) is 0 Å². The Morgan fingerprint density at radius 1 is 1.56 bits per heavy atom. The Bertz CT molecular complexity index is 198. The van der Waals surface area contributed by atoms with Gasteiger partial charge in [-0.3, -0.25) is 0 Å². The van der Waals surface area contributed by atoms with E-state index < -0.39 is 0 Å². The van der Waals surface area contributed by atoms with E-state index in [-0.39, 0.29) is 0 Å². The lowest BCUT2D eigenvalue weighted by Gasteiger charge is -1.88. The number of fused-ring (bicyclic) bond motifs is 1. The minimum absolute atomic E-state index is 0.858. The Labute approximate surface area is 53.1 Å². The zero-order valence-electron chi connectivity index (χ0n) is 4.89. The predicted molar refractivity (Wildman–Crippen MR) is 31.4 cm³/mol. The second-order valence-corrected chi connectivity index (χ2v) is 2.05. The first kappa shape index (κ1) is 4.88. The van der Waals surface area contributed by atoms with Crippen molar-refractivity contribution in [2.75, 3.05) is 0 Å². The fourth-order valence-electron chi connectivity index (χ4n) is 0.961. The smallest absolute Gasteiger partial charge is 0.114 e. The highest BCUT2D eigenvalue weighted by Crippen LogP contribution is 2.08. The van der Waals surface area contributed by atoms with Crippen molar-refractivity contribution in [1.82, 2.24) is 15.5 Å². The zero-order chi connectivity index (χ0) is 6.10. The first-order valence-electron chi connectivity index (χ1n) is 2.89. The maximum atomic E-state index is 3.89. The average Bonchev–Trinajstić information content (AvgIpc) is 2.33. The van der Waals surface area contributed by atoms with Crippen LogP contribution in [0, 0.1) is 6.20 Å². The van der Waals surface area contributed by atoms with Crippen molar-refractivity contribution in [3.05, 3.63) is 23.5 Å². The van der Waals surface area contributed by atoms with E-state index in [1.165, 1.54) is 5.56 Å². The molecular formula is C6H6N3. The van der Waals surface area contributed by atoms with E-state index >= 15 is 0 Å². The molecule has 0 aliphatic carbocycles. The fourth-order valence-corrected chi connectivity index (χ4v) is 0.961. The van der Waals surface area contributed by atoms with Gasteiger partial charge < -0.3 is 5.32 Å². The Kier molecular flexibility index (Phi) is 0.960. The molecular weight excluding hydrogens is 114 g/mol. The summed E-state index contributed by atoms with van der Waals surface area (Å²) in [4.78, 5) is 0. The summed E-state index contributed by atoms with van der Waals surface area (Å²) in [5, 5.41) is 10.7. The van der Waals surface area contributed by atoms with Crippen LogP contribution < -0.4 is 5.32 Å². The lowest BCUT2D eigenvalue weighted by Crippen LogP contribution is -2.00. The molecule has 3 nitrogen and oxygen atoms in total. The van der Waals surface area contributed by atoms with Crippen LogP contribution in [0.5, 0.6) is 0 Å². The lowest BCUT2D eigenvalue weighted by atomic mass is 10.3. The van der Waals surface area contributed by atoms with Gasteiger partial charge >= 0.3 is 0 Å². The minimum atomic E-state index is 0.858. The van der Waals surface area contributed by atoms with E-state index in [2.05, 4.69) is 21.7 Å². The van der Waals surface area contributed by atoms with Gasteiger partial charge in [-0.05, 0) is 11.6 Å². The van der Waals surface area contributed by atoms with Gasteiger partial charge in [-0.15, -0.1) is 5.10 Å². The normalized spacial score (nSPS) is 15.6. The molecule has 45 valence electrons. The first-order chi connectivity index (χ1) is 4.47. The summed E-state index contributed by atoms with van der Waals surface area (Å²) in [7, 11) is 0. The Morgan fingerprint density at radius 2 is 2.56 bits per heavy atom. The molecule has 0 atom stereocenters. The van der Waals surface area contributed by atoms with Gasteiger partial charge in [0.15, 0.2) is 0 Å². The van der Waals surface area contributed by atoms with Crippen LogP contribution in [-0.4, -0.2) is 10.2 Å². The van der Waals surface area contributed by atoms with Gasteiger partial charge in [0.1, 0.15) is 6.20 Å². The van der Waals surface area contributed by atoms with Gasteiger partial charge in [-0.25, -0.2) is 0 Å². The summed E-state index contributed by atoms with van der Waals surface area (Å²) in [5.74, 6) is 0. The summed E-state index contributed by atoms with van der Waals surface area (Å²) in [6, 6.07) is 1.88. The molecule has 1 N–H and O–H groups in total. The van der Waals surface area contributed by atoms with Crippen LogP contribution in [0.4, 0.5) is 0 Å². The Balaban J connectivity index is 2.54. The largest absolute Gasteiger partial charge is 0.307 e. The van der Waals surface area contributed by atoms with Crippen LogP contribution in [0.15, 0.2) is 6.07 Å². The van der Waals surface area contributed by atoms with Crippen molar-refractivity contribution in [1.29, 1.82) is 0 Å². The Hall–Kier alpha value is -0.960. The standard InChI is InChI=1S/C6H6N3/c1-2-8-9-6-4-7-3-5(1)6/h1,7H,3-4H2. The molecule has 1 aliphatic heterocycles. The summed E-state index contributed by atoms with van der Waals surface area (Å²) in [6.45, 7) is 1.78. The zero-order valence-corrected chi connectivity index (χ0v) is 4.89. The molecule has 0 saturated carbocycles. The van der Waals surface area contributed by atoms with Gasteiger partial charge in [0.2, 0.25) is 0 Å². The van der Waals surface area contributed by atoms with E-state index in [9.17, 15) is 0 Å². The number of nitrogens with zero attached hydrogens (tertiary/aromatic N) is 2. The molecule has 3 heteroatoms. The molecule has 1 aromatic rings. The van der Waals surface area contributed by atoms with Gasteiger partial charge in [-0.2, -0.15) is 5.10 Å². The van der Waals surface area contributed by atoms with Crippen molar-refractivity contribution in [2.45, 2.75) is 13.1 Å². The van der Waals surface area contributed by atoms with Crippen LogP contribution in [0.1, 0.15) is 11.3 Å².